The molecule has 3 nitrogen and oxygen atoms in total. The van der Waals surface area contributed by atoms with E-state index in [1.54, 1.807) is 18.2 Å². The van der Waals surface area contributed by atoms with Crippen LogP contribution in [0.3, 0.4) is 0 Å². The normalized spacial score (nSPS) is 11.4. The van der Waals surface area contributed by atoms with Crippen molar-refractivity contribution < 1.29 is 8.42 Å². The predicted octanol–water partition coefficient (Wildman–Crippen LogP) is 4.41. The molecule has 0 saturated heterocycles. The van der Waals surface area contributed by atoms with Crippen LogP contribution in [0, 0.1) is 13.8 Å². The Balaban J connectivity index is 2.46. The smallest absolute Gasteiger partial charge is 0.263 e. The molecular weight excluding hydrogens is 317 g/mol. The van der Waals surface area contributed by atoms with Gasteiger partial charge in [0.15, 0.2) is 0 Å². The van der Waals surface area contributed by atoms with Crippen LogP contribution in [0.1, 0.15) is 11.1 Å². The number of hydrogen-bond acceptors (Lipinski definition) is 2. The number of nitrogens with one attached hydrogen (secondary N) is 1. The lowest BCUT2D eigenvalue weighted by atomic mass is 10.1. The minimum atomic E-state index is -3.77. The van der Waals surface area contributed by atoms with E-state index in [9.17, 15) is 8.42 Å². The lowest BCUT2D eigenvalue weighted by molar-refractivity contribution is 0.601. The van der Waals surface area contributed by atoms with E-state index in [-0.39, 0.29) is 9.92 Å². The number of sulfonamides is 1. The Bertz CT molecular complexity index is 758. The SMILES string of the molecule is Cc1cccc(NS(=O)(=O)c2cc(Cl)ccc2Cl)c1C. The van der Waals surface area contributed by atoms with Crippen LogP contribution in [0.5, 0.6) is 0 Å². The molecule has 0 spiro atoms. The fraction of sp³-hybridized carbons (Fsp3) is 0.143. The van der Waals surface area contributed by atoms with Gasteiger partial charge in [-0.25, -0.2) is 8.42 Å². The van der Waals surface area contributed by atoms with E-state index in [1.807, 2.05) is 19.9 Å². The van der Waals surface area contributed by atoms with Crippen LogP contribution < -0.4 is 4.72 Å². The summed E-state index contributed by atoms with van der Waals surface area (Å²) in [7, 11) is -3.77. The topological polar surface area (TPSA) is 46.2 Å². The third-order valence-electron chi connectivity index (χ3n) is 3.03. The molecule has 20 heavy (non-hydrogen) atoms. The second-order valence-corrected chi connectivity index (χ2v) is 6.92. The van der Waals surface area contributed by atoms with Gasteiger partial charge < -0.3 is 0 Å². The number of anilines is 1. The molecule has 0 aliphatic heterocycles. The van der Waals surface area contributed by atoms with Crippen LogP contribution >= 0.6 is 23.2 Å². The molecule has 0 bridgehead atoms. The van der Waals surface area contributed by atoms with E-state index in [1.165, 1.54) is 12.1 Å². The molecule has 0 fully saturated rings. The van der Waals surface area contributed by atoms with Crippen molar-refractivity contribution in [2.24, 2.45) is 0 Å². The number of aryl methyl sites for hydroxylation is 1. The predicted molar refractivity (Wildman–Crippen MR) is 83.2 cm³/mol. The molecule has 0 aliphatic carbocycles. The van der Waals surface area contributed by atoms with E-state index in [4.69, 9.17) is 23.2 Å². The number of halogens is 2. The first-order chi connectivity index (χ1) is 9.31. The standard InChI is InChI=1S/C14H13Cl2NO2S/c1-9-4-3-5-13(10(9)2)17-20(18,19)14-8-11(15)6-7-12(14)16/h3-8,17H,1-2H3. The Kier molecular flexibility index (Phi) is 4.28. The first-order valence-corrected chi connectivity index (χ1v) is 8.09. The summed E-state index contributed by atoms with van der Waals surface area (Å²) < 4.78 is 27.3. The summed E-state index contributed by atoms with van der Waals surface area (Å²) >= 11 is 11.8. The van der Waals surface area contributed by atoms with Gasteiger partial charge in [0, 0.05) is 5.02 Å². The van der Waals surface area contributed by atoms with E-state index < -0.39 is 10.0 Å². The van der Waals surface area contributed by atoms with Gasteiger partial charge in [0.05, 0.1) is 10.7 Å². The third-order valence-corrected chi connectivity index (χ3v) is 5.11. The van der Waals surface area contributed by atoms with Gasteiger partial charge in [-0.15, -0.1) is 0 Å². The van der Waals surface area contributed by atoms with E-state index in [0.29, 0.717) is 10.7 Å². The highest BCUT2D eigenvalue weighted by molar-refractivity contribution is 7.92. The molecule has 6 heteroatoms. The van der Waals surface area contributed by atoms with Crippen LogP contribution in [0.4, 0.5) is 5.69 Å². The molecule has 0 atom stereocenters. The van der Waals surface area contributed by atoms with Crippen molar-refractivity contribution >= 4 is 38.9 Å². The zero-order chi connectivity index (χ0) is 14.9. The minimum Gasteiger partial charge on any atom is -0.279 e. The van der Waals surface area contributed by atoms with Crippen LogP contribution in [0.25, 0.3) is 0 Å². The Hall–Kier alpha value is -1.23. The third kappa shape index (κ3) is 3.08. The lowest BCUT2D eigenvalue weighted by Crippen LogP contribution is -2.14. The van der Waals surface area contributed by atoms with E-state index in [2.05, 4.69) is 4.72 Å². The molecule has 1 N–H and O–H groups in total. The fourth-order valence-corrected chi connectivity index (χ4v) is 3.63. The summed E-state index contributed by atoms with van der Waals surface area (Å²) in [6, 6.07) is 9.75. The van der Waals surface area contributed by atoms with Crippen molar-refractivity contribution in [3.8, 4) is 0 Å². The molecule has 2 aromatic carbocycles. The van der Waals surface area contributed by atoms with Crippen LogP contribution in [-0.2, 0) is 10.0 Å². The van der Waals surface area contributed by atoms with Gasteiger partial charge in [-0.1, -0.05) is 35.3 Å². The van der Waals surface area contributed by atoms with Crippen molar-refractivity contribution in [1.82, 2.24) is 0 Å². The Morgan fingerprint density at radius 3 is 2.45 bits per heavy atom. The minimum absolute atomic E-state index is 0.0347. The molecule has 0 amide bonds. The summed E-state index contributed by atoms with van der Waals surface area (Å²) in [4.78, 5) is -0.0347. The van der Waals surface area contributed by atoms with E-state index >= 15 is 0 Å². The van der Waals surface area contributed by atoms with Crippen LogP contribution in [0.15, 0.2) is 41.3 Å². The van der Waals surface area contributed by atoms with Gasteiger partial charge in [0.1, 0.15) is 4.90 Å². The number of hydrogen-bond donors (Lipinski definition) is 1. The van der Waals surface area contributed by atoms with Gasteiger partial charge in [-0.05, 0) is 49.2 Å². The Labute approximate surface area is 128 Å². The van der Waals surface area contributed by atoms with E-state index in [0.717, 1.165) is 11.1 Å². The summed E-state index contributed by atoms with van der Waals surface area (Å²) in [6.07, 6.45) is 0. The van der Waals surface area contributed by atoms with Gasteiger partial charge in [-0.2, -0.15) is 0 Å². The summed E-state index contributed by atoms with van der Waals surface area (Å²) in [5, 5.41) is 0.447. The molecule has 0 aromatic heterocycles. The molecule has 2 aromatic rings. The van der Waals surface area contributed by atoms with Crippen LogP contribution in [0.2, 0.25) is 10.0 Å². The molecule has 0 saturated carbocycles. The average molecular weight is 330 g/mol. The summed E-state index contributed by atoms with van der Waals surface area (Å²) in [6.45, 7) is 3.77. The highest BCUT2D eigenvalue weighted by Crippen LogP contribution is 2.28. The second kappa shape index (κ2) is 5.64. The lowest BCUT2D eigenvalue weighted by Gasteiger charge is -2.13. The molecule has 0 radical (unpaired) electrons. The molecule has 0 aliphatic rings. The zero-order valence-corrected chi connectivity index (χ0v) is 13.3. The second-order valence-electron chi connectivity index (χ2n) is 4.43. The summed E-state index contributed by atoms with van der Waals surface area (Å²) in [5.74, 6) is 0. The number of benzene rings is 2. The summed E-state index contributed by atoms with van der Waals surface area (Å²) in [5.41, 5.74) is 2.40. The first kappa shape index (κ1) is 15.2. The average Bonchev–Trinajstić information content (AvgIpc) is 2.37. The quantitative estimate of drug-likeness (QED) is 0.906. The molecule has 106 valence electrons. The van der Waals surface area contributed by atoms with Crippen molar-refractivity contribution in [3.63, 3.8) is 0 Å². The van der Waals surface area contributed by atoms with Crippen molar-refractivity contribution in [1.29, 1.82) is 0 Å². The van der Waals surface area contributed by atoms with Gasteiger partial charge >= 0.3 is 0 Å². The fourth-order valence-electron chi connectivity index (χ4n) is 1.74. The first-order valence-electron chi connectivity index (χ1n) is 5.85. The maximum atomic E-state index is 12.4. The maximum Gasteiger partial charge on any atom is 0.263 e. The van der Waals surface area contributed by atoms with Gasteiger partial charge in [0.2, 0.25) is 0 Å². The molecule has 0 heterocycles. The molecular formula is C14H13Cl2NO2S. The van der Waals surface area contributed by atoms with Crippen molar-refractivity contribution in [3.05, 3.63) is 57.6 Å². The highest BCUT2D eigenvalue weighted by atomic mass is 35.5. The Morgan fingerprint density at radius 2 is 1.75 bits per heavy atom. The van der Waals surface area contributed by atoms with Gasteiger partial charge in [0.25, 0.3) is 10.0 Å². The van der Waals surface area contributed by atoms with Gasteiger partial charge in [-0.3, -0.25) is 4.72 Å². The Morgan fingerprint density at radius 1 is 1.05 bits per heavy atom. The zero-order valence-electron chi connectivity index (χ0n) is 10.9. The highest BCUT2D eigenvalue weighted by Gasteiger charge is 2.19. The van der Waals surface area contributed by atoms with Crippen molar-refractivity contribution in [2.75, 3.05) is 4.72 Å². The molecule has 2 rings (SSSR count). The maximum absolute atomic E-state index is 12.4. The molecule has 0 unspecified atom stereocenters. The van der Waals surface area contributed by atoms with Crippen molar-refractivity contribution in [2.45, 2.75) is 18.7 Å². The monoisotopic (exact) mass is 329 g/mol. The largest absolute Gasteiger partial charge is 0.279 e. The van der Waals surface area contributed by atoms with Crippen LogP contribution in [-0.4, -0.2) is 8.42 Å². The number of rotatable bonds is 3.